The quantitative estimate of drug-likeness (QED) is 0.928. The zero-order valence-corrected chi connectivity index (χ0v) is 12.9. The van der Waals surface area contributed by atoms with Crippen LogP contribution in [0, 0.1) is 0 Å². The lowest BCUT2D eigenvalue weighted by molar-refractivity contribution is 0.153. The molecule has 1 aliphatic carbocycles. The van der Waals surface area contributed by atoms with Crippen LogP contribution in [0.15, 0.2) is 23.1 Å². The fourth-order valence-corrected chi connectivity index (χ4v) is 3.17. The van der Waals surface area contributed by atoms with Gasteiger partial charge in [0, 0.05) is 0 Å². The zero-order valence-electron chi connectivity index (χ0n) is 12.1. The van der Waals surface area contributed by atoms with Crippen molar-refractivity contribution in [2.24, 2.45) is 5.14 Å². The molecule has 1 aromatic carbocycles. The molecule has 112 valence electrons. The molecule has 1 aliphatic rings. The Bertz CT molecular complexity index is 560. The number of primary sulfonamides is 1. The predicted octanol–water partition coefficient (Wildman–Crippen LogP) is 3.17. The second-order valence-electron chi connectivity index (χ2n) is 5.78. The highest BCUT2D eigenvalue weighted by Crippen LogP contribution is 2.32. The summed E-state index contributed by atoms with van der Waals surface area (Å²) in [5.74, 6) is 0.981. The van der Waals surface area contributed by atoms with E-state index < -0.39 is 10.0 Å². The van der Waals surface area contributed by atoms with E-state index in [4.69, 9.17) is 9.88 Å². The molecule has 1 saturated carbocycles. The molecule has 0 bridgehead atoms. The van der Waals surface area contributed by atoms with Gasteiger partial charge < -0.3 is 4.74 Å². The molecule has 0 radical (unpaired) electrons. The van der Waals surface area contributed by atoms with Crippen LogP contribution in [-0.4, -0.2) is 14.5 Å². The molecule has 4 nitrogen and oxygen atoms in total. The van der Waals surface area contributed by atoms with E-state index in [1.807, 2.05) is 13.8 Å². The Morgan fingerprint density at radius 1 is 1.20 bits per heavy atom. The molecule has 0 aliphatic heterocycles. The van der Waals surface area contributed by atoms with E-state index in [1.54, 1.807) is 12.1 Å². The number of rotatable bonds is 4. The molecule has 0 saturated heterocycles. The molecular formula is C15H23NO3S. The summed E-state index contributed by atoms with van der Waals surface area (Å²) < 4.78 is 29.0. The normalized spacial score (nSPS) is 17.4. The van der Waals surface area contributed by atoms with E-state index in [2.05, 4.69) is 0 Å². The van der Waals surface area contributed by atoms with Crippen molar-refractivity contribution in [3.05, 3.63) is 23.8 Å². The Kier molecular flexibility index (Phi) is 4.70. The Morgan fingerprint density at radius 2 is 1.85 bits per heavy atom. The molecule has 0 amide bonds. The first-order chi connectivity index (χ1) is 9.38. The van der Waals surface area contributed by atoms with E-state index in [1.165, 1.54) is 25.3 Å². The van der Waals surface area contributed by atoms with E-state index in [-0.39, 0.29) is 16.9 Å². The van der Waals surface area contributed by atoms with Gasteiger partial charge in [-0.1, -0.05) is 20.3 Å². The minimum Gasteiger partial charge on any atom is -0.490 e. The second kappa shape index (κ2) is 6.14. The van der Waals surface area contributed by atoms with Crippen LogP contribution in [0.3, 0.4) is 0 Å². The molecule has 0 spiro atoms. The van der Waals surface area contributed by atoms with Gasteiger partial charge in [-0.25, -0.2) is 13.6 Å². The van der Waals surface area contributed by atoms with Crippen LogP contribution >= 0.6 is 0 Å². The highest BCUT2D eigenvalue weighted by Gasteiger charge is 2.19. The van der Waals surface area contributed by atoms with Gasteiger partial charge in [0.2, 0.25) is 10.0 Å². The SMILES string of the molecule is CC(C)c1cc(S(N)(=O)=O)ccc1OC1CCCCC1. The molecule has 0 atom stereocenters. The number of ether oxygens (including phenoxy) is 1. The van der Waals surface area contributed by atoms with E-state index in [0.717, 1.165) is 24.2 Å². The Hall–Kier alpha value is -1.07. The Labute approximate surface area is 121 Å². The lowest BCUT2D eigenvalue weighted by Crippen LogP contribution is -2.20. The van der Waals surface area contributed by atoms with Gasteiger partial charge in [-0.2, -0.15) is 0 Å². The zero-order chi connectivity index (χ0) is 14.8. The first-order valence-corrected chi connectivity index (χ1v) is 8.76. The average molecular weight is 297 g/mol. The lowest BCUT2D eigenvalue weighted by atomic mass is 9.97. The number of nitrogens with two attached hydrogens (primary N) is 1. The Morgan fingerprint density at radius 3 is 2.40 bits per heavy atom. The molecule has 0 heterocycles. The summed E-state index contributed by atoms with van der Waals surface area (Å²) in [6, 6.07) is 4.90. The van der Waals surface area contributed by atoms with Crippen LogP contribution < -0.4 is 9.88 Å². The minimum atomic E-state index is -3.66. The first-order valence-electron chi connectivity index (χ1n) is 7.21. The van der Waals surface area contributed by atoms with Crippen molar-refractivity contribution in [3.8, 4) is 5.75 Å². The van der Waals surface area contributed by atoms with Gasteiger partial charge in [-0.05, 0) is 55.4 Å². The number of sulfonamides is 1. The summed E-state index contributed by atoms with van der Waals surface area (Å²) in [6.07, 6.45) is 6.10. The molecule has 5 heteroatoms. The summed E-state index contributed by atoms with van der Waals surface area (Å²) in [4.78, 5) is 0.150. The maximum absolute atomic E-state index is 11.4. The maximum atomic E-state index is 11.4. The van der Waals surface area contributed by atoms with Gasteiger partial charge in [0.05, 0.1) is 11.0 Å². The van der Waals surface area contributed by atoms with Crippen LogP contribution in [0.2, 0.25) is 0 Å². The summed E-state index contributed by atoms with van der Waals surface area (Å²) in [7, 11) is -3.66. The third kappa shape index (κ3) is 3.73. The lowest BCUT2D eigenvalue weighted by Gasteiger charge is -2.25. The van der Waals surface area contributed by atoms with Gasteiger partial charge in [0.1, 0.15) is 5.75 Å². The standard InChI is InChI=1S/C15H23NO3S/c1-11(2)14-10-13(20(16,17)18)8-9-15(14)19-12-6-4-3-5-7-12/h8-12H,3-7H2,1-2H3,(H2,16,17,18). The minimum absolute atomic E-state index is 0.150. The highest BCUT2D eigenvalue weighted by molar-refractivity contribution is 7.89. The molecule has 20 heavy (non-hydrogen) atoms. The van der Waals surface area contributed by atoms with Gasteiger partial charge in [-0.3, -0.25) is 0 Å². The monoisotopic (exact) mass is 297 g/mol. The van der Waals surface area contributed by atoms with Crippen molar-refractivity contribution in [1.29, 1.82) is 0 Å². The largest absolute Gasteiger partial charge is 0.490 e. The van der Waals surface area contributed by atoms with Crippen molar-refractivity contribution >= 4 is 10.0 Å². The van der Waals surface area contributed by atoms with Crippen LogP contribution in [0.1, 0.15) is 57.4 Å². The fraction of sp³-hybridized carbons (Fsp3) is 0.600. The number of hydrogen-bond donors (Lipinski definition) is 1. The summed E-state index contributed by atoms with van der Waals surface area (Å²) in [5, 5.41) is 5.19. The smallest absolute Gasteiger partial charge is 0.238 e. The van der Waals surface area contributed by atoms with Gasteiger partial charge in [0.25, 0.3) is 0 Å². The van der Waals surface area contributed by atoms with Crippen LogP contribution in [-0.2, 0) is 10.0 Å². The van der Waals surface area contributed by atoms with E-state index in [0.29, 0.717) is 0 Å². The van der Waals surface area contributed by atoms with Crippen LogP contribution in [0.5, 0.6) is 5.75 Å². The van der Waals surface area contributed by atoms with Gasteiger partial charge >= 0.3 is 0 Å². The third-order valence-electron chi connectivity index (χ3n) is 3.78. The molecule has 0 aromatic heterocycles. The summed E-state index contributed by atoms with van der Waals surface area (Å²) in [6.45, 7) is 4.05. The number of benzene rings is 1. The van der Waals surface area contributed by atoms with Crippen LogP contribution in [0.25, 0.3) is 0 Å². The first kappa shape index (κ1) is 15.3. The topological polar surface area (TPSA) is 69.4 Å². The number of hydrogen-bond acceptors (Lipinski definition) is 3. The van der Waals surface area contributed by atoms with Crippen LogP contribution in [0.4, 0.5) is 0 Å². The molecule has 0 unspecified atom stereocenters. The van der Waals surface area contributed by atoms with Crippen molar-refractivity contribution < 1.29 is 13.2 Å². The Balaban J connectivity index is 2.28. The van der Waals surface area contributed by atoms with Crippen molar-refractivity contribution in [1.82, 2.24) is 0 Å². The molecular weight excluding hydrogens is 274 g/mol. The summed E-state index contributed by atoms with van der Waals surface area (Å²) in [5.41, 5.74) is 0.905. The van der Waals surface area contributed by atoms with Crippen molar-refractivity contribution in [3.63, 3.8) is 0 Å². The van der Waals surface area contributed by atoms with Gasteiger partial charge in [0.15, 0.2) is 0 Å². The van der Waals surface area contributed by atoms with Crippen molar-refractivity contribution in [2.45, 2.75) is 62.9 Å². The average Bonchev–Trinajstić information content (AvgIpc) is 2.38. The van der Waals surface area contributed by atoms with Crippen molar-refractivity contribution in [2.75, 3.05) is 0 Å². The third-order valence-corrected chi connectivity index (χ3v) is 4.69. The second-order valence-corrected chi connectivity index (χ2v) is 7.34. The van der Waals surface area contributed by atoms with E-state index in [9.17, 15) is 8.42 Å². The van der Waals surface area contributed by atoms with Gasteiger partial charge in [-0.15, -0.1) is 0 Å². The molecule has 1 fully saturated rings. The predicted molar refractivity (Wildman–Crippen MR) is 79.4 cm³/mol. The summed E-state index contributed by atoms with van der Waals surface area (Å²) >= 11 is 0. The molecule has 2 rings (SSSR count). The molecule has 2 N–H and O–H groups in total. The maximum Gasteiger partial charge on any atom is 0.238 e. The molecule has 1 aromatic rings. The van der Waals surface area contributed by atoms with E-state index >= 15 is 0 Å². The fourth-order valence-electron chi connectivity index (χ4n) is 2.62. The highest BCUT2D eigenvalue weighted by atomic mass is 32.2.